The van der Waals surface area contributed by atoms with Crippen LogP contribution in [0.2, 0.25) is 0 Å². The first-order valence-corrected chi connectivity index (χ1v) is 7.43. The fraction of sp³-hybridized carbons (Fsp3) is 0.263. The van der Waals surface area contributed by atoms with Gasteiger partial charge in [0.2, 0.25) is 0 Å². The van der Waals surface area contributed by atoms with Crippen LogP contribution in [0, 0.1) is 29.6 Å². The first-order chi connectivity index (χ1) is 10.7. The van der Waals surface area contributed by atoms with Crippen LogP contribution in [0.5, 0.6) is 0 Å². The molecule has 0 N–H and O–H groups in total. The lowest BCUT2D eigenvalue weighted by molar-refractivity contribution is 0.642. The lowest BCUT2D eigenvalue weighted by Crippen LogP contribution is -2.30. The van der Waals surface area contributed by atoms with E-state index in [1.165, 1.54) is 0 Å². The maximum atomic E-state index is 9.14. The van der Waals surface area contributed by atoms with Crippen molar-refractivity contribution >= 4 is 11.4 Å². The average Bonchev–Trinajstić information content (AvgIpc) is 2.56. The smallest absolute Gasteiger partial charge is 0.0991 e. The van der Waals surface area contributed by atoms with Crippen LogP contribution in [0.15, 0.2) is 48.5 Å². The van der Waals surface area contributed by atoms with E-state index in [2.05, 4.69) is 36.1 Å². The summed E-state index contributed by atoms with van der Waals surface area (Å²) in [6.07, 6.45) is 1.34. The molecule has 110 valence electrons. The van der Waals surface area contributed by atoms with Crippen LogP contribution in [-0.2, 0) is 0 Å². The first-order valence-electron chi connectivity index (χ1n) is 7.43. The largest absolute Gasteiger partial charge is 0.337 e. The number of nitrogens with zero attached hydrogens (tertiary/aromatic N) is 3. The molecule has 22 heavy (non-hydrogen) atoms. The zero-order valence-electron chi connectivity index (χ0n) is 13.0. The standard InChI is InChI=1S/C19H19N3/c1-3-17(11-12-20)22(18-7-5-4-6-8-18)19-10-9-16(14-21)13-15(19)2/h4-10,13,17H,3,11H2,1-2H3. The second-order valence-corrected chi connectivity index (χ2v) is 5.24. The van der Waals surface area contributed by atoms with Crippen molar-refractivity contribution in [3.05, 3.63) is 59.7 Å². The summed E-state index contributed by atoms with van der Waals surface area (Å²) in [5.74, 6) is 0. The lowest BCUT2D eigenvalue weighted by atomic mass is 10.0. The van der Waals surface area contributed by atoms with Crippen molar-refractivity contribution in [2.45, 2.75) is 32.7 Å². The number of hydrogen-bond acceptors (Lipinski definition) is 3. The van der Waals surface area contributed by atoms with Gasteiger partial charge in [0.15, 0.2) is 0 Å². The third-order valence-corrected chi connectivity index (χ3v) is 3.78. The van der Waals surface area contributed by atoms with Gasteiger partial charge in [-0.15, -0.1) is 0 Å². The Morgan fingerprint density at radius 3 is 2.36 bits per heavy atom. The molecule has 0 amide bonds. The molecule has 0 radical (unpaired) electrons. The van der Waals surface area contributed by atoms with E-state index in [9.17, 15) is 0 Å². The van der Waals surface area contributed by atoms with E-state index in [1.54, 1.807) is 0 Å². The number of benzene rings is 2. The van der Waals surface area contributed by atoms with E-state index in [1.807, 2.05) is 43.3 Å². The maximum Gasteiger partial charge on any atom is 0.0991 e. The molecule has 0 heterocycles. The van der Waals surface area contributed by atoms with E-state index >= 15 is 0 Å². The van der Waals surface area contributed by atoms with Crippen LogP contribution < -0.4 is 4.90 Å². The van der Waals surface area contributed by atoms with Crippen molar-refractivity contribution < 1.29 is 0 Å². The average molecular weight is 289 g/mol. The molecule has 0 aliphatic carbocycles. The zero-order chi connectivity index (χ0) is 15.9. The van der Waals surface area contributed by atoms with Crippen molar-refractivity contribution in [2.24, 2.45) is 0 Å². The molecule has 3 nitrogen and oxygen atoms in total. The summed E-state index contributed by atoms with van der Waals surface area (Å²) in [5, 5.41) is 18.2. The highest BCUT2D eigenvalue weighted by Gasteiger charge is 2.20. The number of para-hydroxylation sites is 1. The molecule has 0 aliphatic rings. The molecule has 0 fully saturated rings. The molecule has 2 rings (SSSR count). The third kappa shape index (κ3) is 3.27. The summed E-state index contributed by atoms with van der Waals surface area (Å²) in [4.78, 5) is 2.21. The van der Waals surface area contributed by atoms with Gasteiger partial charge < -0.3 is 4.90 Å². The topological polar surface area (TPSA) is 50.8 Å². The zero-order valence-corrected chi connectivity index (χ0v) is 13.0. The van der Waals surface area contributed by atoms with Crippen molar-refractivity contribution in [2.75, 3.05) is 4.90 Å². The Morgan fingerprint density at radius 2 is 1.82 bits per heavy atom. The fourth-order valence-corrected chi connectivity index (χ4v) is 2.65. The van der Waals surface area contributed by atoms with Gasteiger partial charge in [0.1, 0.15) is 0 Å². The van der Waals surface area contributed by atoms with E-state index < -0.39 is 0 Å². The van der Waals surface area contributed by atoms with Gasteiger partial charge in [0.05, 0.1) is 24.1 Å². The second-order valence-electron chi connectivity index (χ2n) is 5.24. The Bertz CT molecular complexity index is 708. The Kier molecular flexibility index (Phi) is 5.17. The van der Waals surface area contributed by atoms with Gasteiger partial charge in [0, 0.05) is 17.4 Å². The van der Waals surface area contributed by atoms with Gasteiger partial charge in [-0.2, -0.15) is 10.5 Å². The van der Waals surface area contributed by atoms with Crippen LogP contribution in [-0.4, -0.2) is 6.04 Å². The van der Waals surface area contributed by atoms with E-state index in [0.29, 0.717) is 12.0 Å². The third-order valence-electron chi connectivity index (χ3n) is 3.78. The second kappa shape index (κ2) is 7.29. The first kappa shape index (κ1) is 15.6. The minimum Gasteiger partial charge on any atom is -0.337 e. The van der Waals surface area contributed by atoms with Gasteiger partial charge in [-0.1, -0.05) is 25.1 Å². The monoisotopic (exact) mass is 289 g/mol. The van der Waals surface area contributed by atoms with Crippen molar-refractivity contribution in [1.29, 1.82) is 10.5 Å². The number of aryl methyl sites for hydroxylation is 1. The van der Waals surface area contributed by atoms with Gasteiger partial charge in [0.25, 0.3) is 0 Å². The van der Waals surface area contributed by atoms with Crippen LogP contribution >= 0.6 is 0 Å². The predicted molar refractivity (Wildman–Crippen MR) is 88.8 cm³/mol. The highest BCUT2D eigenvalue weighted by Crippen LogP contribution is 2.33. The Hall–Kier alpha value is -2.78. The van der Waals surface area contributed by atoms with Crippen molar-refractivity contribution in [3.8, 4) is 12.1 Å². The van der Waals surface area contributed by atoms with Gasteiger partial charge >= 0.3 is 0 Å². The van der Waals surface area contributed by atoms with Crippen LogP contribution in [0.1, 0.15) is 30.9 Å². The van der Waals surface area contributed by atoms with Gasteiger partial charge in [-0.05, 0) is 49.2 Å². The number of rotatable bonds is 5. The highest BCUT2D eigenvalue weighted by molar-refractivity contribution is 5.68. The molecular weight excluding hydrogens is 270 g/mol. The normalized spacial score (nSPS) is 11.3. The lowest BCUT2D eigenvalue weighted by Gasteiger charge is -2.33. The molecule has 1 unspecified atom stereocenters. The van der Waals surface area contributed by atoms with E-state index in [0.717, 1.165) is 23.4 Å². The molecule has 0 bridgehead atoms. The van der Waals surface area contributed by atoms with Gasteiger partial charge in [-0.3, -0.25) is 0 Å². The number of nitriles is 2. The summed E-state index contributed by atoms with van der Waals surface area (Å²) in [6, 6.07) is 20.4. The highest BCUT2D eigenvalue weighted by atomic mass is 15.2. The summed E-state index contributed by atoms with van der Waals surface area (Å²) >= 11 is 0. The molecule has 0 aromatic heterocycles. The summed E-state index contributed by atoms with van der Waals surface area (Å²) < 4.78 is 0. The van der Waals surface area contributed by atoms with Crippen molar-refractivity contribution in [3.63, 3.8) is 0 Å². The molecule has 0 aliphatic heterocycles. The minimum absolute atomic E-state index is 0.110. The Labute approximate surface area is 132 Å². The molecule has 0 saturated carbocycles. The van der Waals surface area contributed by atoms with Crippen molar-refractivity contribution in [1.82, 2.24) is 0 Å². The van der Waals surface area contributed by atoms with Gasteiger partial charge in [-0.25, -0.2) is 0 Å². The summed E-state index contributed by atoms with van der Waals surface area (Å²) in [7, 11) is 0. The predicted octanol–water partition coefficient (Wildman–Crippen LogP) is 4.70. The van der Waals surface area contributed by atoms with Crippen LogP contribution in [0.4, 0.5) is 11.4 Å². The Balaban J connectivity index is 2.54. The maximum absolute atomic E-state index is 9.14. The Morgan fingerprint density at radius 1 is 1.09 bits per heavy atom. The summed E-state index contributed by atoms with van der Waals surface area (Å²) in [6.45, 7) is 4.10. The fourth-order valence-electron chi connectivity index (χ4n) is 2.65. The minimum atomic E-state index is 0.110. The molecule has 1 atom stereocenters. The SMILES string of the molecule is CCC(CC#N)N(c1ccccc1)c1ccc(C#N)cc1C. The van der Waals surface area contributed by atoms with Crippen LogP contribution in [0.3, 0.4) is 0 Å². The number of anilines is 2. The molecule has 3 heteroatoms. The molecule has 0 saturated heterocycles. The molecule has 0 spiro atoms. The van der Waals surface area contributed by atoms with Crippen LogP contribution in [0.25, 0.3) is 0 Å². The summed E-state index contributed by atoms with van der Waals surface area (Å²) in [5.41, 5.74) is 3.81. The van der Waals surface area contributed by atoms with E-state index in [4.69, 9.17) is 10.5 Å². The molecular formula is C19H19N3. The quantitative estimate of drug-likeness (QED) is 0.801. The van der Waals surface area contributed by atoms with E-state index in [-0.39, 0.29) is 6.04 Å². The number of hydrogen-bond donors (Lipinski definition) is 0. The molecule has 2 aromatic rings. The molecule has 2 aromatic carbocycles.